The van der Waals surface area contributed by atoms with E-state index in [2.05, 4.69) is 80.7 Å². The third-order valence-electron chi connectivity index (χ3n) is 17.1. The quantitative estimate of drug-likeness (QED) is 0.162. The van der Waals surface area contributed by atoms with Gasteiger partial charge in [-0.1, -0.05) is 118 Å². The van der Waals surface area contributed by atoms with E-state index < -0.39 is 18.1 Å². The van der Waals surface area contributed by atoms with Gasteiger partial charge in [-0.05, 0) is 227 Å². The molecule has 1 nitrogen and oxygen atoms in total. The Bertz CT molecular complexity index is 2120. The predicted molar refractivity (Wildman–Crippen MR) is 276 cm³/mol. The molecule has 3 aromatic rings. The molecule has 0 radical (unpaired) electrons. The van der Waals surface area contributed by atoms with Crippen molar-refractivity contribution in [3.8, 4) is 5.75 Å². The van der Waals surface area contributed by atoms with Crippen molar-refractivity contribution in [2.45, 2.75) is 168 Å². The van der Waals surface area contributed by atoms with Gasteiger partial charge in [-0.3, -0.25) is 0 Å². The van der Waals surface area contributed by atoms with Crippen molar-refractivity contribution in [2.24, 2.45) is 53.3 Å². The molecule has 3 atom stereocenters. The number of aryl methyl sites for hydroxylation is 1. The van der Waals surface area contributed by atoms with Crippen molar-refractivity contribution < 1.29 is 35.4 Å². The Kier molecular flexibility index (Phi) is 18.5. The van der Waals surface area contributed by atoms with E-state index in [9.17, 15) is 26.3 Å². The molecule has 0 saturated heterocycles. The van der Waals surface area contributed by atoms with Gasteiger partial charge in [0.25, 0.3) is 0 Å². The van der Waals surface area contributed by atoms with Crippen molar-refractivity contribution in [1.82, 2.24) is 0 Å². The lowest BCUT2D eigenvalue weighted by Crippen LogP contribution is -2.22. The number of hydrogen-bond acceptors (Lipinski definition) is 1. The Morgan fingerprint density at radius 2 is 0.824 bits per heavy atom. The molecular formula is C61H84F6O. The molecule has 0 aromatic heterocycles. The van der Waals surface area contributed by atoms with Gasteiger partial charge in [0.2, 0.25) is 0 Å². The first-order valence-corrected chi connectivity index (χ1v) is 26.4. The summed E-state index contributed by atoms with van der Waals surface area (Å²) in [5.74, 6) is 7.59. The molecule has 6 aliphatic carbocycles. The van der Waals surface area contributed by atoms with Gasteiger partial charge in [-0.25, -0.2) is 0 Å². The maximum atomic E-state index is 12.6. The summed E-state index contributed by atoms with van der Waals surface area (Å²) in [6, 6.07) is 21.0. The van der Waals surface area contributed by atoms with Gasteiger partial charge in [-0.2, -0.15) is 13.2 Å². The molecule has 3 aromatic carbocycles. The molecule has 3 unspecified atom stereocenters. The molecule has 7 heteroatoms. The molecule has 0 aliphatic heterocycles. The second kappa shape index (κ2) is 24.2. The summed E-state index contributed by atoms with van der Waals surface area (Å²) in [4.78, 5) is 0. The normalized spacial score (nSPS) is 29.1. The summed E-state index contributed by atoms with van der Waals surface area (Å²) in [6.45, 7) is 10.8. The first-order valence-electron chi connectivity index (χ1n) is 26.4. The third-order valence-corrected chi connectivity index (χ3v) is 17.1. The zero-order valence-electron chi connectivity index (χ0n) is 41.2. The van der Waals surface area contributed by atoms with Crippen molar-refractivity contribution in [2.75, 3.05) is 0 Å². The standard InChI is InChI=1S/C21H28.C20H25F3O.C20H25F3.3H2/c1-3-17-6-10-19(11-7-17)21-14-12-20(13-15-21)18-8-4-16(2)5-9-18;1-14-2-4-15(5-3-14)16-6-8-17(9-7-16)18-10-12-19(13-11-18)24-20(21,22)23;1-14-2-4-15(5-3-14)16-6-8-17(9-7-16)18-10-12-19(13-11-18)20(21,22)23;;;/h3-5,8-9,12,17,19,21H,1,6-7,10-11,13-15H2,2H3;8,10-16H,2-7,9H2,1H3;8,10-16H,2-7,9H2,1H3;3*1H. The highest BCUT2D eigenvalue weighted by atomic mass is 19.4. The number of hydrogen-bond donors (Lipinski definition) is 0. The number of alkyl halides is 6. The fourth-order valence-corrected chi connectivity index (χ4v) is 12.5. The van der Waals surface area contributed by atoms with E-state index in [0.717, 1.165) is 90.1 Å². The van der Waals surface area contributed by atoms with E-state index in [-0.39, 0.29) is 10.0 Å². The van der Waals surface area contributed by atoms with Crippen LogP contribution in [0.2, 0.25) is 0 Å². The summed E-state index contributed by atoms with van der Waals surface area (Å²) in [6.07, 6.45) is 27.4. The zero-order valence-corrected chi connectivity index (χ0v) is 41.2. The zero-order chi connectivity index (χ0) is 48.3. The van der Waals surface area contributed by atoms with Gasteiger partial charge in [0.1, 0.15) is 5.75 Å². The lowest BCUT2D eigenvalue weighted by atomic mass is 9.71. The summed E-state index contributed by atoms with van der Waals surface area (Å²) < 4.78 is 78.4. The first-order chi connectivity index (χ1) is 32.6. The molecule has 0 N–H and O–H groups in total. The third kappa shape index (κ3) is 15.2. The van der Waals surface area contributed by atoms with Gasteiger partial charge in [-0.15, -0.1) is 19.8 Å². The maximum Gasteiger partial charge on any atom is 0.573 e. The Morgan fingerprint density at radius 3 is 1.15 bits per heavy atom. The molecule has 3 fully saturated rings. The van der Waals surface area contributed by atoms with Crippen LogP contribution in [0.1, 0.15) is 181 Å². The number of rotatable bonds is 8. The summed E-state index contributed by atoms with van der Waals surface area (Å²) in [7, 11) is 0. The van der Waals surface area contributed by atoms with E-state index in [4.69, 9.17) is 0 Å². The molecule has 68 heavy (non-hydrogen) atoms. The van der Waals surface area contributed by atoms with Crippen LogP contribution in [0.3, 0.4) is 0 Å². The number of benzene rings is 3. The highest BCUT2D eigenvalue weighted by Crippen LogP contribution is 2.44. The molecule has 376 valence electrons. The largest absolute Gasteiger partial charge is 0.573 e. The van der Waals surface area contributed by atoms with Crippen LogP contribution in [0.5, 0.6) is 5.75 Å². The van der Waals surface area contributed by atoms with Crippen LogP contribution in [0.4, 0.5) is 26.3 Å². The maximum absolute atomic E-state index is 12.6. The Balaban J connectivity index is 0.000000227. The Labute approximate surface area is 409 Å². The monoisotopic (exact) mass is 947 g/mol. The van der Waals surface area contributed by atoms with Crippen LogP contribution in [0, 0.1) is 60.2 Å². The number of halogens is 6. The van der Waals surface area contributed by atoms with E-state index >= 15 is 0 Å². The number of ether oxygens (including phenoxy) is 1. The molecule has 0 amide bonds. The highest BCUT2D eigenvalue weighted by molar-refractivity contribution is 5.68. The fourth-order valence-electron chi connectivity index (χ4n) is 12.5. The van der Waals surface area contributed by atoms with E-state index in [0.29, 0.717) is 0 Å². The van der Waals surface area contributed by atoms with Gasteiger partial charge in [0.05, 0.1) is 5.56 Å². The van der Waals surface area contributed by atoms with Crippen molar-refractivity contribution >= 4 is 16.7 Å². The van der Waals surface area contributed by atoms with Crippen LogP contribution in [0.25, 0.3) is 16.7 Å². The summed E-state index contributed by atoms with van der Waals surface area (Å²) in [5.41, 5.74) is 8.25. The molecule has 0 spiro atoms. The molecular weight excluding hydrogens is 863 g/mol. The first kappa shape index (κ1) is 51.8. The van der Waals surface area contributed by atoms with Crippen LogP contribution >= 0.6 is 0 Å². The van der Waals surface area contributed by atoms with Gasteiger partial charge < -0.3 is 4.74 Å². The number of allylic oxidation sites excluding steroid dienone is 7. The van der Waals surface area contributed by atoms with E-state index in [1.807, 2.05) is 0 Å². The highest BCUT2D eigenvalue weighted by Gasteiger charge is 2.33. The van der Waals surface area contributed by atoms with E-state index in [1.54, 1.807) is 29.8 Å². The van der Waals surface area contributed by atoms with Crippen molar-refractivity contribution in [3.05, 3.63) is 131 Å². The Hall–Kier alpha value is -4.00. The molecule has 0 bridgehead atoms. The summed E-state index contributed by atoms with van der Waals surface area (Å²) in [5, 5.41) is 0. The minimum Gasteiger partial charge on any atom is -0.406 e. The molecule has 9 rings (SSSR count). The van der Waals surface area contributed by atoms with Crippen LogP contribution in [0.15, 0.2) is 104 Å². The minimum absolute atomic E-state index is 0. The Morgan fingerprint density at radius 1 is 0.471 bits per heavy atom. The molecule has 0 heterocycles. The molecule has 6 aliphatic rings. The van der Waals surface area contributed by atoms with Crippen molar-refractivity contribution in [1.29, 1.82) is 0 Å². The van der Waals surface area contributed by atoms with Gasteiger partial charge in [0, 0.05) is 4.28 Å². The lowest BCUT2D eigenvalue weighted by molar-refractivity contribution is -0.274. The van der Waals surface area contributed by atoms with Gasteiger partial charge in [0.15, 0.2) is 0 Å². The second-order valence-electron chi connectivity index (χ2n) is 21.8. The van der Waals surface area contributed by atoms with Crippen molar-refractivity contribution in [3.63, 3.8) is 0 Å². The van der Waals surface area contributed by atoms with E-state index in [1.165, 1.54) is 156 Å². The topological polar surface area (TPSA) is 9.23 Å². The summed E-state index contributed by atoms with van der Waals surface area (Å²) >= 11 is 0. The second-order valence-corrected chi connectivity index (χ2v) is 21.8. The van der Waals surface area contributed by atoms with Crippen LogP contribution in [-0.2, 0) is 6.18 Å². The van der Waals surface area contributed by atoms with Gasteiger partial charge >= 0.3 is 12.5 Å². The fraction of sp³-hybridized carbons (Fsp3) is 0.574. The smallest absolute Gasteiger partial charge is 0.406 e. The predicted octanol–water partition coefficient (Wildman–Crippen LogP) is 20.2. The van der Waals surface area contributed by atoms with Crippen LogP contribution in [-0.4, -0.2) is 6.36 Å². The average Bonchev–Trinajstić information content (AvgIpc) is 3.35. The SMILES string of the molecule is C=CC1CCC(C2CC=C(c3ccc(C)cc3)CC2)CC1.CC1CCC(C2CC=C(c3ccc(C(F)(F)F)cc3)CC2)CC1.CC1CCC(C2CC=C(c3ccc(OC(F)(F)F)cc3)CC2)CC1.[HH].[HH].[HH]. The minimum atomic E-state index is -4.63. The lowest BCUT2D eigenvalue weighted by Gasteiger charge is -2.34. The molecule has 3 saturated carbocycles. The van der Waals surface area contributed by atoms with Crippen LogP contribution < -0.4 is 4.74 Å². The average molecular weight is 947 g/mol.